The highest BCUT2D eigenvalue weighted by molar-refractivity contribution is 5.94. The number of carbonyl (C=O) groups excluding carboxylic acids is 1. The van der Waals surface area contributed by atoms with Crippen LogP contribution in [0.5, 0.6) is 11.5 Å². The summed E-state index contributed by atoms with van der Waals surface area (Å²) in [6.45, 7) is 1.72. The Hall–Kier alpha value is -2.82. The Kier molecular flexibility index (Phi) is 5.74. The number of para-hydroxylation sites is 1. The van der Waals surface area contributed by atoms with Crippen LogP contribution in [0.1, 0.15) is 28.4 Å². The van der Waals surface area contributed by atoms with Crippen LogP contribution in [0.2, 0.25) is 0 Å². The van der Waals surface area contributed by atoms with Crippen molar-refractivity contribution in [2.45, 2.75) is 13.5 Å². The van der Waals surface area contributed by atoms with Gasteiger partial charge in [0, 0.05) is 16.7 Å². The monoisotopic (exact) mass is 313 g/mol. The van der Waals surface area contributed by atoms with Gasteiger partial charge in [0.05, 0.1) is 20.4 Å². The topological polar surface area (TPSA) is 57.1 Å². The smallest absolute Gasteiger partial charge is 0.159 e. The second kappa shape index (κ2) is 7.98. The van der Waals surface area contributed by atoms with Crippen molar-refractivity contribution in [2.75, 3.05) is 14.2 Å². The summed E-state index contributed by atoms with van der Waals surface area (Å²) < 4.78 is 10.5. The molecule has 0 aliphatic carbocycles. The number of ether oxygens (including phenoxy) is 2. The first kappa shape index (κ1) is 16.5. The number of carbonyl (C=O) groups is 1. The van der Waals surface area contributed by atoms with Crippen molar-refractivity contribution in [1.82, 2.24) is 0 Å². The van der Waals surface area contributed by atoms with Crippen molar-refractivity contribution in [3.05, 3.63) is 59.2 Å². The van der Waals surface area contributed by atoms with Crippen molar-refractivity contribution >= 4 is 12.0 Å². The van der Waals surface area contributed by atoms with Crippen LogP contribution in [0.3, 0.4) is 0 Å². The maximum atomic E-state index is 11.5. The number of nitrogens with zero attached hydrogens (tertiary/aromatic N) is 1. The van der Waals surface area contributed by atoms with E-state index in [-0.39, 0.29) is 12.4 Å². The normalized spacial score (nSPS) is 10.6. The third kappa shape index (κ3) is 4.32. The van der Waals surface area contributed by atoms with Gasteiger partial charge in [-0.05, 0) is 37.3 Å². The summed E-state index contributed by atoms with van der Waals surface area (Å²) >= 11 is 0. The highest BCUT2D eigenvalue weighted by atomic mass is 16.6. The number of methoxy groups -OCH3 is 2. The van der Waals surface area contributed by atoms with Gasteiger partial charge in [-0.3, -0.25) is 4.79 Å². The van der Waals surface area contributed by atoms with Crippen molar-refractivity contribution in [3.63, 3.8) is 0 Å². The van der Waals surface area contributed by atoms with E-state index in [0.29, 0.717) is 11.3 Å². The zero-order valence-corrected chi connectivity index (χ0v) is 13.4. The molecule has 0 amide bonds. The molecule has 0 bridgehead atoms. The average Bonchev–Trinajstić information content (AvgIpc) is 2.58. The summed E-state index contributed by atoms with van der Waals surface area (Å²) in [6.07, 6.45) is 1.58. The molecule has 0 aliphatic heterocycles. The van der Waals surface area contributed by atoms with Crippen LogP contribution in [-0.2, 0) is 11.4 Å². The van der Waals surface area contributed by atoms with Crippen LogP contribution >= 0.6 is 0 Å². The van der Waals surface area contributed by atoms with Gasteiger partial charge in [-0.1, -0.05) is 17.3 Å². The van der Waals surface area contributed by atoms with Crippen LogP contribution in [0, 0.1) is 0 Å². The molecule has 0 N–H and O–H groups in total. The number of ketones is 1. The van der Waals surface area contributed by atoms with E-state index < -0.39 is 0 Å². The van der Waals surface area contributed by atoms with Gasteiger partial charge < -0.3 is 14.3 Å². The predicted octanol–water partition coefficient (Wildman–Crippen LogP) is 3.46. The third-order valence-corrected chi connectivity index (χ3v) is 3.31. The van der Waals surface area contributed by atoms with E-state index in [2.05, 4.69) is 5.16 Å². The van der Waals surface area contributed by atoms with Crippen molar-refractivity contribution in [2.24, 2.45) is 5.16 Å². The van der Waals surface area contributed by atoms with E-state index in [0.717, 1.165) is 16.9 Å². The highest BCUT2D eigenvalue weighted by Gasteiger charge is 2.07. The maximum Gasteiger partial charge on any atom is 0.159 e. The molecular weight excluding hydrogens is 294 g/mol. The second-order valence-corrected chi connectivity index (χ2v) is 4.83. The quantitative estimate of drug-likeness (QED) is 0.446. The molecule has 0 atom stereocenters. The SMILES string of the molecule is COc1ccccc1C=NOCc1cc(C(C)=O)ccc1OC. The summed E-state index contributed by atoms with van der Waals surface area (Å²) in [7, 11) is 3.18. The van der Waals surface area contributed by atoms with Gasteiger partial charge >= 0.3 is 0 Å². The minimum absolute atomic E-state index is 0.00794. The van der Waals surface area contributed by atoms with Crippen LogP contribution in [0.15, 0.2) is 47.6 Å². The number of benzene rings is 2. The molecule has 0 aromatic heterocycles. The second-order valence-electron chi connectivity index (χ2n) is 4.83. The first-order valence-electron chi connectivity index (χ1n) is 7.12. The molecule has 5 heteroatoms. The molecule has 23 heavy (non-hydrogen) atoms. The summed E-state index contributed by atoms with van der Waals surface area (Å²) in [4.78, 5) is 16.8. The summed E-state index contributed by atoms with van der Waals surface area (Å²) in [5, 5.41) is 3.95. The molecule has 120 valence electrons. The molecule has 2 rings (SSSR count). The van der Waals surface area contributed by atoms with Gasteiger partial charge in [-0.15, -0.1) is 0 Å². The van der Waals surface area contributed by atoms with E-state index >= 15 is 0 Å². The molecule has 2 aromatic carbocycles. The molecule has 0 spiro atoms. The standard InChI is InChI=1S/C18H19NO4/c1-13(20)14-8-9-18(22-3)16(10-14)12-23-19-11-15-6-4-5-7-17(15)21-2/h4-11H,12H2,1-3H3. The Morgan fingerprint density at radius 1 is 1.09 bits per heavy atom. The minimum atomic E-state index is -0.00794. The Bertz CT molecular complexity index is 710. The Morgan fingerprint density at radius 2 is 1.83 bits per heavy atom. The van der Waals surface area contributed by atoms with Gasteiger partial charge in [0.15, 0.2) is 5.78 Å². The van der Waals surface area contributed by atoms with E-state index in [9.17, 15) is 4.79 Å². The number of hydrogen-bond donors (Lipinski definition) is 0. The molecule has 0 saturated carbocycles. The van der Waals surface area contributed by atoms with Crippen molar-refractivity contribution in [3.8, 4) is 11.5 Å². The Balaban J connectivity index is 2.07. The Labute approximate surface area is 135 Å². The predicted molar refractivity (Wildman–Crippen MR) is 88.4 cm³/mol. The molecule has 0 heterocycles. The summed E-state index contributed by atoms with van der Waals surface area (Å²) in [5.74, 6) is 1.37. The zero-order valence-electron chi connectivity index (χ0n) is 13.4. The van der Waals surface area contributed by atoms with Crippen LogP contribution < -0.4 is 9.47 Å². The largest absolute Gasteiger partial charge is 0.496 e. The molecule has 2 aromatic rings. The molecule has 0 radical (unpaired) electrons. The van der Waals surface area contributed by atoms with Gasteiger partial charge in [0.1, 0.15) is 18.1 Å². The fraction of sp³-hybridized carbons (Fsp3) is 0.222. The zero-order chi connectivity index (χ0) is 16.7. The van der Waals surface area contributed by atoms with Gasteiger partial charge in [0.2, 0.25) is 0 Å². The molecule has 0 unspecified atom stereocenters. The van der Waals surface area contributed by atoms with Crippen LogP contribution in [0.4, 0.5) is 0 Å². The molecule has 5 nitrogen and oxygen atoms in total. The molecule has 0 aliphatic rings. The number of oxime groups is 1. The molecule has 0 fully saturated rings. The van der Waals surface area contributed by atoms with Crippen molar-refractivity contribution < 1.29 is 19.1 Å². The highest BCUT2D eigenvalue weighted by Crippen LogP contribution is 2.21. The van der Waals surface area contributed by atoms with Crippen LogP contribution in [0.25, 0.3) is 0 Å². The van der Waals surface area contributed by atoms with Crippen LogP contribution in [-0.4, -0.2) is 26.2 Å². The van der Waals surface area contributed by atoms with Gasteiger partial charge in [-0.25, -0.2) is 0 Å². The van der Waals surface area contributed by atoms with E-state index in [1.807, 2.05) is 24.3 Å². The van der Waals surface area contributed by atoms with Gasteiger partial charge in [-0.2, -0.15) is 0 Å². The molecule has 0 saturated heterocycles. The summed E-state index contributed by atoms with van der Waals surface area (Å²) in [5.41, 5.74) is 2.19. The fourth-order valence-corrected chi connectivity index (χ4v) is 2.08. The number of hydrogen-bond acceptors (Lipinski definition) is 5. The molecular formula is C18H19NO4. The van der Waals surface area contributed by atoms with Gasteiger partial charge in [0.25, 0.3) is 0 Å². The first-order valence-corrected chi connectivity index (χ1v) is 7.12. The maximum absolute atomic E-state index is 11.5. The lowest BCUT2D eigenvalue weighted by molar-refractivity contribution is 0.101. The number of Topliss-reactive ketones (excluding diaryl/α,β-unsaturated/α-hetero) is 1. The fourth-order valence-electron chi connectivity index (χ4n) is 2.08. The van der Waals surface area contributed by atoms with E-state index in [4.69, 9.17) is 14.3 Å². The third-order valence-electron chi connectivity index (χ3n) is 3.31. The average molecular weight is 313 g/mol. The van der Waals surface area contributed by atoms with Crippen molar-refractivity contribution in [1.29, 1.82) is 0 Å². The van der Waals surface area contributed by atoms with E-state index in [1.165, 1.54) is 6.92 Å². The lowest BCUT2D eigenvalue weighted by Gasteiger charge is -2.09. The lowest BCUT2D eigenvalue weighted by Crippen LogP contribution is -1.99. The lowest BCUT2D eigenvalue weighted by atomic mass is 10.1. The minimum Gasteiger partial charge on any atom is -0.496 e. The Morgan fingerprint density at radius 3 is 2.52 bits per heavy atom. The first-order chi connectivity index (χ1) is 11.2. The summed E-state index contributed by atoms with van der Waals surface area (Å²) in [6, 6.07) is 12.7. The van der Waals surface area contributed by atoms with E-state index in [1.54, 1.807) is 38.6 Å². The number of rotatable bonds is 7.